The van der Waals surface area contributed by atoms with Crippen LogP contribution in [0, 0.1) is 0 Å². The number of hydrogen-bond donors (Lipinski definition) is 2. The average Bonchev–Trinajstić information content (AvgIpc) is 3.21. The van der Waals surface area contributed by atoms with E-state index in [1.54, 1.807) is 12.0 Å². The normalized spacial score (nSPS) is 23.1. The first-order chi connectivity index (χ1) is 14.2. The molecule has 3 amide bonds. The molecule has 0 radical (unpaired) electrons. The van der Waals surface area contributed by atoms with Gasteiger partial charge in [-0.25, -0.2) is 4.79 Å². The summed E-state index contributed by atoms with van der Waals surface area (Å²) in [5, 5.41) is 6.16. The number of rotatable bonds is 7. The molecule has 29 heavy (non-hydrogen) atoms. The number of carbonyl (C=O) groups excluding carboxylic acids is 2. The predicted octanol–water partition coefficient (Wildman–Crippen LogP) is 2.28. The van der Waals surface area contributed by atoms with E-state index >= 15 is 0 Å². The lowest BCUT2D eigenvalue weighted by Crippen LogP contribution is -2.51. The highest BCUT2D eigenvalue weighted by molar-refractivity contribution is 5.88. The molecule has 2 heterocycles. The van der Waals surface area contributed by atoms with Gasteiger partial charge in [0.25, 0.3) is 0 Å². The van der Waals surface area contributed by atoms with Crippen LogP contribution in [-0.4, -0.2) is 67.1 Å². The molecule has 2 saturated heterocycles. The van der Waals surface area contributed by atoms with Gasteiger partial charge in [0.1, 0.15) is 11.8 Å². The second-order valence-corrected chi connectivity index (χ2v) is 8.36. The molecule has 7 nitrogen and oxygen atoms in total. The quantitative estimate of drug-likeness (QED) is 0.737. The largest absolute Gasteiger partial charge is 0.497 e. The van der Waals surface area contributed by atoms with E-state index in [4.69, 9.17) is 4.74 Å². The van der Waals surface area contributed by atoms with Crippen molar-refractivity contribution < 1.29 is 14.3 Å². The average molecular weight is 401 g/mol. The third-order valence-electron chi connectivity index (χ3n) is 6.25. The molecule has 2 aliphatic heterocycles. The minimum Gasteiger partial charge on any atom is -0.497 e. The standard InChI is InChI=1S/C22H32N4O3/c1-29-18-7-4-6-16(14-18)20(25-11-2-3-12-25)15-23-22(28)26-13-5-8-19(26)21(27)24-17-9-10-17/h4,6-7,14,17,19-20H,2-3,5,8-13,15H2,1H3,(H,23,28)(H,24,27). The van der Waals surface area contributed by atoms with E-state index in [9.17, 15) is 9.59 Å². The zero-order valence-corrected chi connectivity index (χ0v) is 17.2. The second-order valence-electron chi connectivity index (χ2n) is 8.36. The van der Waals surface area contributed by atoms with Crippen LogP contribution in [0.15, 0.2) is 24.3 Å². The molecular weight excluding hydrogens is 368 g/mol. The van der Waals surface area contributed by atoms with Gasteiger partial charge in [0.15, 0.2) is 0 Å². The van der Waals surface area contributed by atoms with Gasteiger partial charge in [-0.15, -0.1) is 0 Å². The number of nitrogens with one attached hydrogen (secondary N) is 2. The van der Waals surface area contributed by atoms with Crippen molar-refractivity contribution in [3.05, 3.63) is 29.8 Å². The van der Waals surface area contributed by atoms with Crippen molar-refractivity contribution >= 4 is 11.9 Å². The summed E-state index contributed by atoms with van der Waals surface area (Å²) in [5.74, 6) is 0.832. The summed E-state index contributed by atoms with van der Waals surface area (Å²) >= 11 is 0. The number of likely N-dealkylation sites (tertiary alicyclic amines) is 2. The molecule has 158 valence electrons. The number of ether oxygens (including phenoxy) is 1. The monoisotopic (exact) mass is 400 g/mol. The molecule has 1 aromatic carbocycles. The summed E-state index contributed by atoms with van der Waals surface area (Å²) in [6, 6.07) is 8.05. The Morgan fingerprint density at radius 1 is 1.14 bits per heavy atom. The van der Waals surface area contributed by atoms with E-state index in [0.717, 1.165) is 50.1 Å². The van der Waals surface area contributed by atoms with Crippen molar-refractivity contribution in [3.63, 3.8) is 0 Å². The van der Waals surface area contributed by atoms with Gasteiger partial charge in [0, 0.05) is 19.1 Å². The van der Waals surface area contributed by atoms with Crippen LogP contribution in [0.1, 0.15) is 50.1 Å². The van der Waals surface area contributed by atoms with Crippen LogP contribution >= 0.6 is 0 Å². The molecule has 0 aromatic heterocycles. The molecule has 0 bridgehead atoms. The summed E-state index contributed by atoms with van der Waals surface area (Å²) in [5.41, 5.74) is 1.15. The van der Waals surface area contributed by atoms with Gasteiger partial charge in [-0.2, -0.15) is 0 Å². The Morgan fingerprint density at radius 2 is 1.93 bits per heavy atom. The van der Waals surface area contributed by atoms with Gasteiger partial charge >= 0.3 is 6.03 Å². The van der Waals surface area contributed by atoms with Crippen molar-refractivity contribution in [1.29, 1.82) is 0 Å². The minimum absolute atomic E-state index is 0.00374. The highest BCUT2D eigenvalue weighted by Gasteiger charge is 2.37. The fourth-order valence-corrected chi connectivity index (χ4v) is 4.45. The molecular formula is C22H32N4O3. The number of urea groups is 1. The highest BCUT2D eigenvalue weighted by atomic mass is 16.5. The van der Waals surface area contributed by atoms with E-state index in [2.05, 4.69) is 27.7 Å². The first-order valence-corrected chi connectivity index (χ1v) is 10.9. The van der Waals surface area contributed by atoms with Crippen molar-refractivity contribution in [2.24, 2.45) is 0 Å². The topological polar surface area (TPSA) is 73.9 Å². The maximum atomic E-state index is 12.9. The van der Waals surface area contributed by atoms with E-state index in [0.29, 0.717) is 19.1 Å². The SMILES string of the molecule is COc1cccc(C(CNC(=O)N2CCCC2C(=O)NC2CC2)N2CCCC2)c1. The van der Waals surface area contributed by atoms with Crippen LogP contribution in [-0.2, 0) is 4.79 Å². The fourth-order valence-electron chi connectivity index (χ4n) is 4.45. The molecule has 4 rings (SSSR count). The molecule has 1 aromatic rings. The molecule has 2 atom stereocenters. The van der Waals surface area contributed by atoms with E-state index in [1.807, 2.05) is 12.1 Å². The fraction of sp³-hybridized carbons (Fsp3) is 0.636. The Balaban J connectivity index is 1.40. The zero-order chi connectivity index (χ0) is 20.2. The molecule has 3 fully saturated rings. The third-order valence-corrected chi connectivity index (χ3v) is 6.25. The van der Waals surface area contributed by atoms with E-state index < -0.39 is 0 Å². The van der Waals surface area contributed by atoms with Crippen molar-refractivity contribution in [2.75, 3.05) is 33.3 Å². The smallest absolute Gasteiger partial charge is 0.318 e. The lowest BCUT2D eigenvalue weighted by molar-refractivity contribution is -0.124. The van der Waals surface area contributed by atoms with Crippen molar-refractivity contribution in [3.8, 4) is 5.75 Å². The van der Waals surface area contributed by atoms with Crippen LogP contribution in [0.5, 0.6) is 5.75 Å². The summed E-state index contributed by atoms with van der Waals surface area (Å²) < 4.78 is 5.39. The maximum Gasteiger partial charge on any atom is 0.318 e. The number of amides is 3. The van der Waals surface area contributed by atoms with Crippen LogP contribution in [0.4, 0.5) is 4.79 Å². The maximum absolute atomic E-state index is 12.9. The highest BCUT2D eigenvalue weighted by Crippen LogP contribution is 2.28. The summed E-state index contributed by atoms with van der Waals surface area (Å²) in [6.45, 7) is 3.24. The predicted molar refractivity (Wildman–Crippen MR) is 111 cm³/mol. The molecule has 1 aliphatic carbocycles. The van der Waals surface area contributed by atoms with E-state index in [-0.39, 0.29) is 24.0 Å². The Hall–Kier alpha value is -2.28. The van der Waals surface area contributed by atoms with Gasteiger partial charge in [-0.3, -0.25) is 9.69 Å². The van der Waals surface area contributed by atoms with Crippen molar-refractivity contribution in [2.45, 2.75) is 56.7 Å². The van der Waals surface area contributed by atoms with Crippen LogP contribution in [0.2, 0.25) is 0 Å². The van der Waals surface area contributed by atoms with E-state index in [1.165, 1.54) is 12.8 Å². The molecule has 3 aliphatic rings. The van der Waals surface area contributed by atoms with Gasteiger partial charge in [-0.1, -0.05) is 12.1 Å². The second kappa shape index (κ2) is 9.03. The molecule has 1 saturated carbocycles. The zero-order valence-electron chi connectivity index (χ0n) is 17.2. The first kappa shape index (κ1) is 20.0. The van der Waals surface area contributed by atoms with Crippen LogP contribution in [0.25, 0.3) is 0 Å². The van der Waals surface area contributed by atoms with Gasteiger partial charge < -0.3 is 20.3 Å². The lowest BCUT2D eigenvalue weighted by Gasteiger charge is -2.30. The molecule has 2 N–H and O–H groups in total. The van der Waals surface area contributed by atoms with Crippen molar-refractivity contribution in [1.82, 2.24) is 20.4 Å². The number of hydrogen-bond acceptors (Lipinski definition) is 4. The van der Waals surface area contributed by atoms with Gasteiger partial charge in [0.05, 0.1) is 13.2 Å². The van der Waals surface area contributed by atoms with Gasteiger partial charge in [-0.05, 0) is 69.3 Å². The van der Waals surface area contributed by atoms with Crippen LogP contribution < -0.4 is 15.4 Å². The third kappa shape index (κ3) is 4.83. The molecule has 7 heteroatoms. The lowest BCUT2D eigenvalue weighted by atomic mass is 10.1. The number of nitrogens with zero attached hydrogens (tertiary/aromatic N) is 2. The first-order valence-electron chi connectivity index (χ1n) is 10.9. The summed E-state index contributed by atoms with van der Waals surface area (Å²) in [7, 11) is 1.67. The Bertz CT molecular complexity index is 731. The Kier molecular flexibility index (Phi) is 6.23. The number of carbonyl (C=O) groups is 2. The van der Waals surface area contributed by atoms with Crippen LogP contribution in [0.3, 0.4) is 0 Å². The summed E-state index contributed by atoms with van der Waals surface area (Å²) in [4.78, 5) is 29.6. The van der Waals surface area contributed by atoms with Gasteiger partial charge in [0.2, 0.25) is 5.91 Å². The summed E-state index contributed by atoms with van der Waals surface area (Å²) in [6.07, 6.45) is 6.11. The Morgan fingerprint density at radius 3 is 2.66 bits per heavy atom. The molecule has 0 spiro atoms. The number of methoxy groups -OCH3 is 1. The Labute approximate surface area is 172 Å². The number of benzene rings is 1. The minimum atomic E-state index is -0.336. The molecule has 2 unspecified atom stereocenters.